The van der Waals surface area contributed by atoms with E-state index in [1.54, 1.807) is 62.8 Å². The number of carbonyl (C=O) groups excluding carboxylic acids is 2. The molecule has 3 aromatic rings. The molecule has 1 N–H and O–H groups in total. The van der Waals surface area contributed by atoms with Crippen molar-refractivity contribution in [2.45, 2.75) is 38.2 Å². The number of carbonyl (C=O) groups is 2. The molecule has 1 aliphatic heterocycles. The number of nitro benzene ring substituents is 1. The third-order valence-corrected chi connectivity index (χ3v) is 6.94. The molecule has 1 aromatic heterocycles. The highest BCUT2D eigenvalue weighted by atomic mass is 16.6. The second-order valence-electron chi connectivity index (χ2n) is 9.31. The van der Waals surface area contributed by atoms with Crippen molar-refractivity contribution in [3.63, 3.8) is 0 Å². The smallest absolute Gasteiger partial charge is 0.337 e. The lowest BCUT2D eigenvalue weighted by atomic mass is 9.72. The summed E-state index contributed by atoms with van der Waals surface area (Å²) in [6.45, 7) is 1.76. The minimum Gasteiger partial charge on any atom is -0.497 e. The van der Waals surface area contributed by atoms with Gasteiger partial charge in [-0.2, -0.15) is 0 Å². The molecular weight excluding hydrogens is 488 g/mol. The number of dihydropyridines is 1. The fourth-order valence-corrected chi connectivity index (χ4v) is 5.13. The van der Waals surface area contributed by atoms with Crippen LogP contribution >= 0.6 is 0 Å². The predicted octanol–water partition coefficient (Wildman–Crippen LogP) is 5.30. The zero-order valence-electron chi connectivity index (χ0n) is 20.9. The molecule has 0 radical (unpaired) electrons. The van der Waals surface area contributed by atoms with Crippen LogP contribution < -0.4 is 10.1 Å². The summed E-state index contributed by atoms with van der Waals surface area (Å²) in [7, 11) is 1.57. The average molecular weight is 515 g/mol. The Morgan fingerprint density at radius 2 is 1.92 bits per heavy atom. The topological polar surface area (TPSA) is 121 Å². The van der Waals surface area contributed by atoms with E-state index in [2.05, 4.69) is 5.32 Å². The highest BCUT2D eigenvalue weighted by molar-refractivity contribution is 6.04. The van der Waals surface area contributed by atoms with Crippen LogP contribution in [0.2, 0.25) is 0 Å². The monoisotopic (exact) mass is 514 g/mol. The second-order valence-corrected chi connectivity index (χ2v) is 9.31. The van der Waals surface area contributed by atoms with Gasteiger partial charge in [-0.25, -0.2) is 4.79 Å². The number of allylic oxidation sites excluding steroid dienone is 3. The summed E-state index contributed by atoms with van der Waals surface area (Å²) in [5.74, 6) is -0.307. The number of methoxy groups -OCH3 is 1. The van der Waals surface area contributed by atoms with Crippen molar-refractivity contribution in [3.05, 3.63) is 116 Å². The van der Waals surface area contributed by atoms with Crippen LogP contribution in [-0.4, -0.2) is 23.8 Å². The molecule has 38 heavy (non-hydrogen) atoms. The van der Waals surface area contributed by atoms with E-state index in [-0.39, 0.29) is 36.0 Å². The normalized spacial score (nSPS) is 19.1. The van der Waals surface area contributed by atoms with E-state index in [9.17, 15) is 19.7 Å². The minimum absolute atomic E-state index is 0.0156. The number of rotatable bonds is 7. The van der Waals surface area contributed by atoms with E-state index in [0.29, 0.717) is 40.5 Å². The molecule has 0 saturated heterocycles. The van der Waals surface area contributed by atoms with Gasteiger partial charge in [-0.05, 0) is 48.7 Å². The molecule has 0 amide bonds. The third-order valence-electron chi connectivity index (χ3n) is 6.94. The largest absolute Gasteiger partial charge is 0.497 e. The van der Waals surface area contributed by atoms with Crippen LogP contribution in [0.5, 0.6) is 5.75 Å². The van der Waals surface area contributed by atoms with E-state index in [4.69, 9.17) is 13.9 Å². The lowest BCUT2D eigenvalue weighted by Gasteiger charge is -2.36. The van der Waals surface area contributed by atoms with Gasteiger partial charge >= 0.3 is 5.97 Å². The molecule has 0 bridgehead atoms. The number of ether oxygens (including phenoxy) is 2. The number of benzene rings is 2. The number of Topliss-reactive ketones (excluding diaryl/α,β-unsaturated/α-hetero) is 1. The summed E-state index contributed by atoms with van der Waals surface area (Å²) in [5, 5.41) is 14.8. The van der Waals surface area contributed by atoms with Gasteiger partial charge in [0, 0.05) is 47.4 Å². The first kappa shape index (κ1) is 25.0. The Kier molecular flexibility index (Phi) is 6.83. The number of hydrogen-bond acceptors (Lipinski definition) is 8. The van der Waals surface area contributed by atoms with Gasteiger partial charge in [-0.15, -0.1) is 0 Å². The molecule has 2 aromatic carbocycles. The van der Waals surface area contributed by atoms with E-state index in [0.717, 1.165) is 5.56 Å². The Balaban J connectivity index is 1.51. The Morgan fingerprint density at radius 3 is 2.61 bits per heavy atom. The summed E-state index contributed by atoms with van der Waals surface area (Å²) in [6.07, 6.45) is 2.28. The molecule has 1 aliphatic carbocycles. The third kappa shape index (κ3) is 4.82. The van der Waals surface area contributed by atoms with E-state index in [1.165, 1.54) is 12.1 Å². The van der Waals surface area contributed by atoms with Gasteiger partial charge < -0.3 is 19.2 Å². The number of esters is 1. The maximum atomic E-state index is 13.6. The maximum Gasteiger partial charge on any atom is 0.337 e. The Hall–Kier alpha value is -4.66. The number of non-ortho nitro benzene ring substituents is 1. The van der Waals surface area contributed by atoms with Crippen LogP contribution in [0.25, 0.3) is 0 Å². The molecular formula is C29H26N2O7. The molecule has 0 saturated carbocycles. The molecule has 0 spiro atoms. The summed E-state index contributed by atoms with van der Waals surface area (Å²) < 4.78 is 16.4. The van der Waals surface area contributed by atoms with Crippen molar-refractivity contribution in [1.29, 1.82) is 0 Å². The van der Waals surface area contributed by atoms with Crippen molar-refractivity contribution in [1.82, 2.24) is 5.32 Å². The van der Waals surface area contributed by atoms with Gasteiger partial charge in [0.25, 0.3) is 5.69 Å². The van der Waals surface area contributed by atoms with Crippen LogP contribution in [0, 0.1) is 10.1 Å². The van der Waals surface area contributed by atoms with Gasteiger partial charge in [0.15, 0.2) is 5.78 Å². The fraction of sp³-hybridized carbons (Fsp3) is 0.241. The minimum atomic E-state index is -0.806. The lowest BCUT2D eigenvalue weighted by molar-refractivity contribution is -0.384. The zero-order chi connectivity index (χ0) is 26.8. The summed E-state index contributed by atoms with van der Waals surface area (Å²) >= 11 is 0. The van der Waals surface area contributed by atoms with Gasteiger partial charge in [-0.3, -0.25) is 14.9 Å². The predicted molar refractivity (Wildman–Crippen MR) is 137 cm³/mol. The standard InChI is InChI=1S/C29H26N2O7/c1-17-26(29(33)38-16-18-8-10-22(36-2)11-9-18)27(19-5-3-6-21(13-19)31(34)35)28-23(30-17)14-20(15-24(28)32)25-7-4-12-37-25/h3-13,20,27,30H,14-16H2,1-2H3. The van der Waals surface area contributed by atoms with Crippen LogP contribution in [0.1, 0.15) is 48.5 Å². The number of nitrogens with zero attached hydrogens (tertiary/aromatic N) is 1. The fourth-order valence-electron chi connectivity index (χ4n) is 5.13. The van der Waals surface area contributed by atoms with Gasteiger partial charge in [0.2, 0.25) is 0 Å². The van der Waals surface area contributed by atoms with Crippen molar-refractivity contribution >= 4 is 17.4 Å². The molecule has 9 nitrogen and oxygen atoms in total. The first-order chi connectivity index (χ1) is 18.4. The molecule has 0 fully saturated rings. The van der Waals surface area contributed by atoms with Crippen molar-refractivity contribution in [2.24, 2.45) is 0 Å². The molecule has 9 heteroatoms. The number of hydrogen-bond donors (Lipinski definition) is 1. The number of nitro groups is 1. The Morgan fingerprint density at radius 1 is 1.13 bits per heavy atom. The van der Waals surface area contributed by atoms with E-state index in [1.807, 2.05) is 6.07 Å². The maximum absolute atomic E-state index is 13.6. The summed E-state index contributed by atoms with van der Waals surface area (Å²) in [5.41, 5.74) is 3.02. The van der Waals surface area contributed by atoms with Gasteiger partial charge in [-0.1, -0.05) is 24.3 Å². The van der Waals surface area contributed by atoms with E-state index >= 15 is 0 Å². The number of furan rings is 1. The van der Waals surface area contributed by atoms with Crippen LogP contribution in [0.4, 0.5) is 5.69 Å². The SMILES string of the molecule is COc1ccc(COC(=O)C2=C(C)NC3=C(C(=O)CC(c4ccco4)C3)C2c2cccc([N+](=O)[O-])c2)cc1. The first-order valence-electron chi connectivity index (χ1n) is 12.2. The van der Waals surface area contributed by atoms with Crippen molar-refractivity contribution < 1.29 is 28.4 Å². The Bertz CT molecular complexity index is 1450. The van der Waals surface area contributed by atoms with Gasteiger partial charge in [0.1, 0.15) is 18.1 Å². The molecule has 2 heterocycles. The average Bonchev–Trinajstić information content (AvgIpc) is 3.46. The molecule has 194 valence electrons. The lowest BCUT2D eigenvalue weighted by Crippen LogP contribution is -2.36. The second kappa shape index (κ2) is 10.4. The van der Waals surface area contributed by atoms with Crippen molar-refractivity contribution in [2.75, 3.05) is 7.11 Å². The van der Waals surface area contributed by atoms with E-state index < -0.39 is 16.8 Å². The summed E-state index contributed by atoms with van der Waals surface area (Å²) in [6, 6.07) is 16.8. The zero-order valence-corrected chi connectivity index (χ0v) is 20.9. The van der Waals surface area contributed by atoms with Crippen LogP contribution in [0.3, 0.4) is 0 Å². The number of nitrogens with one attached hydrogen (secondary N) is 1. The molecule has 2 atom stereocenters. The van der Waals surface area contributed by atoms with Gasteiger partial charge in [0.05, 0.1) is 23.9 Å². The Labute approximate surface area is 218 Å². The highest BCUT2D eigenvalue weighted by Crippen LogP contribution is 2.46. The van der Waals surface area contributed by atoms with Crippen LogP contribution in [-0.2, 0) is 20.9 Å². The first-order valence-corrected chi connectivity index (χ1v) is 12.2. The molecule has 2 aliphatic rings. The number of ketones is 1. The van der Waals surface area contributed by atoms with Crippen LogP contribution in [0.15, 0.2) is 93.9 Å². The quantitative estimate of drug-likeness (QED) is 0.256. The summed E-state index contributed by atoms with van der Waals surface area (Å²) in [4.78, 5) is 38.1. The van der Waals surface area contributed by atoms with Crippen molar-refractivity contribution in [3.8, 4) is 5.75 Å². The molecule has 5 rings (SSSR count). The highest BCUT2D eigenvalue weighted by Gasteiger charge is 2.42. The molecule has 2 unspecified atom stereocenters.